The summed E-state index contributed by atoms with van der Waals surface area (Å²) in [5, 5.41) is 21.9. The molecule has 0 fully saturated rings. The van der Waals surface area contributed by atoms with Crippen LogP contribution in [-0.2, 0) is 11.2 Å². The molecule has 0 bridgehead atoms. The summed E-state index contributed by atoms with van der Waals surface area (Å²) in [5.74, 6) is 2.03. The van der Waals surface area contributed by atoms with E-state index in [1.54, 1.807) is 33.0 Å². The molecule has 186 valence electrons. The second-order valence-corrected chi connectivity index (χ2v) is 8.96. The van der Waals surface area contributed by atoms with Crippen LogP contribution in [0.2, 0.25) is 0 Å². The summed E-state index contributed by atoms with van der Waals surface area (Å²) in [4.78, 5) is 24.5. The first-order chi connectivity index (χ1) is 17.2. The number of aromatic nitrogens is 5. The van der Waals surface area contributed by atoms with Crippen LogP contribution in [0.1, 0.15) is 32.2 Å². The van der Waals surface area contributed by atoms with Gasteiger partial charge in [-0.3, -0.25) is 10.1 Å². The number of rotatable bonds is 8. The van der Waals surface area contributed by atoms with E-state index in [9.17, 15) is 4.79 Å². The quantitative estimate of drug-likeness (QED) is 0.400. The van der Waals surface area contributed by atoms with Crippen LogP contribution in [0, 0.1) is 11.3 Å². The van der Waals surface area contributed by atoms with E-state index in [0.29, 0.717) is 53.0 Å². The van der Waals surface area contributed by atoms with Crippen molar-refractivity contribution in [3.8, 4) is 28.8 Å². The summed E-state index contributed by atoms with van der Waals surface area (Å²) >= 11 is 0. The molecule has 36 heavy (non-hydrogen) atoms. The lowest BCUT2D eigenvalue weighted by Crippen LogP contribution is -2.34. The number of hydrogen-bond acceptors (Lipinski definition) is 10. The molecule has 0 unspecified atom stereocenters. The number of nitrogens with zero attached hydrogens (tertiary/aromatic N) is 5. The van der Waals surface area contributed by atoms with Crippen LogP contribution < -0.4 is 20.1 Å². The molecule has 1 amide bonds. The average molecular weight is 491 g/mol. The Hall–Kier alpha value is -4.66. The predicted molar refractivity (Wildman–Crippen MR) is 130 cm³/mol. The molecule has 12 heteroatoms. The van der Waals surface area contributed by atoms with Gasteiger partial charge in [-0.05, 0) is 26.3 Å². The first kappa shape index (κ1) is 24.5. The van der Waals surface area contributed by atoms with Gasteiger partial charge < -0.3 is 24.8 Å². The minimum absolute atomic E-state index is 0.142. The zero-order valence-corrected chi connectivity index (χ0v) is 20.2. The zero-order chi connectivity index (χ0) is 25.7. The SMILES string of the molecule is C=C(CNC(=O)OC(C)(C)C)COc1cnc2c(c1-c1cc(Nc3cnc(C#N)cn3)n[nH]1)OCC2. The number of carbonyl (C=O) groups is 1. The number of nitrogens with one attached hydrogen (secondary N) is 3. The lowest BCUT2D eigenvalue weighted by molar-refractivity contribution is 0.0532. The molecule has 0 saturated heterocycles. The maximum atomic E-state index is 11.9. The smallest absolute Gasteiger partial charge is 0.407 e. The summed E-state index contributed by atoms with van der Waals surface area (Å²) in [5.41, 5.74) is 2.42. The third-order valence-corrected chi connectivity index (χ3v) is 4.84. The van der Waals surface area contributed by atoms with Gasteiger partial charge in [-0.25, -0.2) is 14.8 Å². The number of fused-ring (bicyclic) bond motifs is 1. The fourth-order valence-corrected chi connectivity index (χ4v) is 3.30. The summed E-state index contributed by atoms with van der Waals surface area (Å²) in [6.07, 6.45) is 4.62. The van der Waals surface area contributed by atoms with E-state index in [4.69, 9.17) is 19.5 Å². The maximum Gasteiger partial charge on any atom is 0.407 e. The number of anilines is 2. The van der Waals surface area contributed by atoms with E-state index in [-0.39, 0.29) is 18.8 Å². The maximum absolute atomic E-state index is 11.9. The van der Waals surface area contributed by atoms with Crippen LogP contribution in [-0.4, -0.2) is 56.6 Å². The van der Waals surface area contributed by atoms with Crippen molar-refractivity contribution in [1.82, 2.24) is 30.5 Å². The zero-order valence-electron chi connectivity index (χ0n) is 20.2. The molecule has 12 nitrogen and oxygen atoms in total. The van der Waals surface area contributed by atoms with Crippen LogP contribution in [0.3, 0.4) is 0 Å². The van der Waals surface area contributed by atoms with Crippen molar-refractivity contribution in [1.29, 1.82) is 5.26 Å². The summed E-state index contributed by atoms with van der Waals surface area (Å²) in [6.45, 7) is 10.2. The topological polar surface area (TPSA) is 160 Å². The fraction of sp³-hybridized carbons (Fsp3) is 0.333. The number of carbonyl (C=O) groups excluding carboxylic acids is 1. The average Bonchev–Trinajstić information content (AvgIpc) is 3.50. The molecule has 0 radical (unpaired) electrons. The molecule has 1 aliphatic heterocycles. The van der Waals surface area contributed by atoms with Crippen LogP contribution in [0.5, 0.6) is 11.5 Å². The lowest BCUT2D eigenvalue weighted by Gasteiger charge is -2.20. The Morgan fingerprint density at radius 1 is 1.25 bits per heavy atom. The number of amides is 1. The molecule has 3 aromatic rings. The Balaban J connectivity index is 1.46. The largest absolute Gasteiger partial charge is 0.490 e. The highest BCUT2D eigenvalue weighted by Crippen LogP contribution is 2.42. The molecule has 3 aromatic heterocycles. The molecule has 4 rings (SSSR count). The van der Waals surface area contributed by atoms with Crippen molar-refractivity contribution < 1.29 is 19.0 Å². The van der Waals surface area contributed by atoms with E-state index < -0.39 is 11.7 Å². The predicted octanol–water partition coefficient (Wildman–Crippen LogP) is 3.27. The van der Waals surface area contributed by atoms with Gasteiger partial charge in [0.2, 0.25) is 0 Å². The number of nitriles is 1. The number of H-pyrrole nitrogens is 1. The van der Waals surface area contributed by atoms with Crippen LogP contribution in [0.4, 0.5) is 16.4 Å². The van der Waals surface area contributed by atoms with Crippen molar-refractivity contribution in [2.75, 3.05) is 25.1 Å². The van der Waals surface area contributed by atoms with E-state index in [1.807, 2.05) is 6.07 Å². The van der Waals surface area contributed by atoms with Crippen LogP contribution in [0.25, 0.3) is 11.3 Å². The third kappa shape index (κ3) is 6.06. The van der Waals surface area contributed by atoms with Crippen LogP contribution >= 0.6 is 0 Å². The van der Waals surface area contributed by atoms with Gasteiger partial charge in [0.1, 0.15) is 24.1 Å². The van der Waals surface area contributed by atoms with Crippen molar-refractivity contribution >= 4 is 17.7 Å². The number of hydrogen-bond donors (Lipinski definition) is 3. The molecule has 0 aliphatic carbocycles. The van der Waals surface area contributed by atoms with Gasteiger partial charge in [-0.2, -0.15) is 10.4 Å². The van der Waals surface area contributed by atoms with Gasteiger partial charge in [0.25, 0.3) is 0 Å². The second kappa shape index (κ2) is 10.3. The van der Waals surface area contributed by atoms with Gasteiger partial charge in [-0.15, -0.1) is 0 Å². The highest BCUT2D eigenvalue weighted by Gasteiger charge is 2.25. The molecule has 0 spiro atoms. The van der Waals surface area contributed by atoms with Gasteiger partial charge in [0.05, 0.1) is 42.1 Å². The number of aromatic amines is 1. The van der Waals surface area contributed by atoms with E-state index in [2.05, 4.69) is 42.4 Å². The first-order valence-corrected chi connectivity index (χ1v) is 11.2. The Kier molecular flexibility index (Phi) is 7.00. The molecule has 0 saturated carbocycles. The van der Waals surface area contributed by atoms with E-state index >= 15 is 0 Å². The Bertz CT molecular complexity index is 1310. The third-order valence-electron chi connectivity index (χ3n) is 4.84. The molecule has 3 N–H and O–H groups in total. The summed E-state index contributed by atoms with van der Waals surface area (Å²) < 4.78 is 17.1. The second-order valence-electron chi connectivity index (χ2n) is 8.96. The standard InChI is InChI=1S/C24H26N8O4/c1-14(9-29-23(33)36-24(2,3)4)13-35-18-11-27-16-5-6-34-22(16)21(18)17-7-19(32-31-17)30-20-12-26-15(8-25)10-28-20/h7,10-12H,1,5-6,9,13H2,2-4H3,(H,29,33)(H2,28,30,31,32). The minimum atomic E-state index is -0.586. The van der Waals surface area contributed by atoms with Crippen molar-refractivity contribution in [2.24, 2.45) is 0 Å². The Morgan fingerprint density at radius 3 is 2.81 bits per heavy atom. The highest BCUT2D eigenvalue weighted by atomic mass is 16.6. The fourth-order valence-electron chi connectivity index (χ4n) is 3.30. The molecule has 0 aromatic carbocycles. The van der Waals surface area contributed by atoms with Crippen molar-refractivity contribution in [2.45, 2.75) is 32.8 Å². The van der Waals surface area contributed by atoms with E-state index in [1.165, 1.54) is 12.4 Å². The van der Waals surface area contributed by atoms with E-state index in [0.717, 1.165) is 5.69 Å². The lowest BCUT2D eigenvalue weighted by atomic mass is 10.1. The number of pyridine rings is 1. The molecular formula is C24H26N8O4. The normalized spacial score (nSPS) is 12.2. The monoisotopic (exact) mass is 490 g/mol. The van der Waals surface area contributed by atoms with Gasteiger partial charge in [0.15, 0.2) is 23.0 Å². The molecule has 4 heterocycles. The summed E-state index contributed by atoms with van der Waals surface area (Å²) in [6, 6.07) is 3.71. The number of ether oxygens (including phenoxy) is 3. The van der Waals surface area contributed by atoms with Crippen LogP contribution in [0.15, 0.2) is 36.8 Å². The Morgan fingerprint density at radius 2 is 2.08 bits per heavy atom. The molecular weight excluding hydrogens is 464 g/mol. The van der Waals surface area contributed by atoms with Gasteiger partial charge in [-0.1, -0.05) is 6.58 Å². The number of alkyl carbamates (subject to hydrolysis) is 1. The van der Waals surface area contributed by atoms with Gasteiger partial charge in [0, 0.05) is 19.0 Å². The summed E-state index contributed by atoms with van der Waals surface area (Å²) in [7, 11) is 0. The van der Waals surface area contributed by atoms with Crippen molar-refractivity contribution in [3.05, 3.63) is 48.2 Å². The highest BCUT2D eigenvalue weighted by molar-refractivity contribution is 5.77. The molecule has 1 aliphatic rings. The minimum Gasteiger partial charge on any atom is -0.490 e. The first-order valence-electron chi connectivity index (χ1n) is 11.2. The Labute approximate surface area is 207 Å². The van der Waals surface area contributed by atoms with Gasteiger partial charge >= 0.3 is 6.09 Å². The van der Waals surface area contributed by atoms with Crippen molar-refractivity contribution in [3.63, 3.8) is 0 Å². The molecule has 0 atom stereocenters.